The highest BCUT2D eigenvalue weighted by Crippen LogP contribution is 2.24. The zero-order valence-electron chi connectivity index (χ0n) is 12.8. The van der Waals surface area contributed by atoms with Gasteiger partial charge in [-0.05, 0) is 51.6 Å². The van der Waals surface area contributed by atoms with Crippen LogP contribution >= 0.6 is 0 Å². The molecule has 1 heterocycles. The largest absolute Gasteiger partial charge is 0.469 e. The molecule has 4 heteroatoms. The molecule has 1 fully saturated rings. The fourth-order valence-electron chi connectivity index (χ4n) is 2.98. The number of hydrogen-bond acceptors (Lipinski definition) is 3. The molecular formula is C16H26N2O2. The van der Waals surface area contributed by atoms with E-state index in [0.29, 0.717) is 23.4 Å². The first-order valence-electron chi connectivity index (χ1n) is 7.68. The third-order valence-electron chi connectivity index (χ3n) is 4.34. The van der Waals surface area contributed by atoms with Gasteiger partial charge in [-0.25, -0.2) is 0 Å². The van der Waals surface area contributed by atoms with E-state index in [9.17, 15) is 4.79 Å². The predicted molar refractivity (Wildman–Crippen MR) is 79.9 cm³/mol. The molecule has 1 amide bonds. The van der Waals surface area contributed by atoms with Crippen molar-refractivity contribution in [2.24, 2.45) is 0 Å². The van der Waals surface area contributed by atoms with E-state index in [1.54, 1.807) is 12.3 Å². The minimum Gasteiger partial charge on any atom is -0.469 e. The van der Waals surface area contributed by atoms with Gasteiger partial charge in [0, 0.05) is 19.1 Å². The summed E-state index contributed by atoms with van der Waals surface area (Å²) in [6.45, 7) is 5.13. The van der Waals surface area contributed by atoms with Gasteiger partial charge in [0.05, 0.1) is 11.8 Å². The second kappa shape index (κ2) is 6.93. The van der Waals surface area contributed by atoms with Crippen LogP contribution in [0.1, 0.15) is 55.1 Å². The van der Waals surface area contributed by atoms with E-state index in [2.05, 4.69) is 12.2 Å². The summed E-state index contributed by atoms with van der Waals surface area (Å²) >= 11 is 0. The van der Waals surface area contributed by atoms with E-state index in [-0.39, 0.29) is 5.91 Å². The molecular weight excluding hydrogens is 252 g/mol. The Labute approximate surface area is 121 Å². The zero-order valence-corrected chi connectivity index (χ0v) is 12.8. The number of hydrogen-bond donors (Lipinski definition) is 1. The summed E-state index contributed by atoms with van der Waals surface area (Å²) in [5, 5.41) is 3.58. The molecule has 1 N–H and O–H groups in total. The number of carbonyl (C=O) groups excluding carboxylic acids is 1. The Morgan fingerprint density at radius 1 is 1.40 bits per heavy atom. The van der Waals surface area contributed by atoms with E-state index in [1.165, 1.54) is 6.42 Å². The van der Waals surface area contributed by atoms with Crippen LogP contribution in [0.15, 0.2) is 16.7 Å². The maximum atomic E-state index is 12.4. The van der Waals surface area contributed by atoms with Gasteiger partial charge in [-0.2, -0.15) is 0 Å². The van der Waals surface area contributed by atoms with E-state index in [0.717, 1.165) is 32.2 Å². The molecule has 0 radical (unpaired) electrons. The molecule has 0 bridgehead atoms. The van der Waals surface area contributed by atoms with Crippen LogP contribution in [0.2, 0.25) is 0 Å². The SMILES string of the molecule is CCCNC1CCC(N(C)C(=O)c2ccoc2C)CC1. The van der Waals surface area contributed by atoms with Gasteiger partial charge in [0.25, 0.3) is 5.91 Å². The molecule has 2 rings (SSSR count). The fourth-order valence-corrected chi connectivity index (χ4v) is 2.98. The van der Waals surface area contributed by atoms with Crippen molar-refractivity contribution >= 4 is 5.91 Å². The van der Waals surface area contributed by atoms with Crippen LogP contribution in [0.4, 0.5) is 0 Å². The van der Waals surface area contributed by atoms with Gasteiger partial charge < -0.3 is 14.6 Å². The second-order valence-electron chi connectivity index (χ2n) is 5.77. The first-order chi connectivity index (χ1) is 9.63. The quantitative estimate of drug-likeness (QED) is 0.900. The van der Waals surface area contributed by atoms with Crippen LogP contribution in [0.5, 0.6) is 0 Å². The highest BCUT2D eigenvalue weighted by atomic mass is 16.3. The summed E-state index contributed by atoms with van der Waals surface area (Å²) < 4.78 is 5.23. The number of nitrogens with zero attached hydrogens (tertiary/aromatic N) is 1. The van der Waals surface area contributed by atoms with Gasteiger partial charge in [0.1, 0.15) is 5.76 Å². The van der Waals surface area contributed by atoms with E-state index >= 15 is 0 Å². The third kappa shape index (κ3) is 3.42. The smallest absolute Gasteiger partial charge is 0.257 e. The van der Waals surface area contributed by atoms with Crippen LogP contribution in [0.3, 0.4) is 0 Å². The Kier molecular flexibility index (Phi) is 5.24. The summed E-state index contributed by atoms with van der Waals surface area (Å²) in [4.78, 5) is 14.3. The van der Waals surface area contributed by atoms with Gasteiger partial charge in [-0.15, -0.1) is 0 Å². The number of carbonyl (C=O) groups is 1. The first-order valence-corrected chi connectivity index (χ1v) is 7.68. The van der Waals surface area contributed by atoms with Crippen molar-refractivity contribution in [1.29, 1.82) is 0 Å². The molecule has 0 aliphatic heterocycles. The zero-order chi connectivity index (χ0) is 14.5. The Balaban J connectivity index is 1.87. The minimum atomic E-state index is 0.0845. The Hall–Kier alpha value is -1.29. The Morgan fingerprint density at radius 2 is 2.10 bits per heavy atom. The first kappa shape index (κ1) is 15.1. The lowest BCUT2D eigenvalue weighted by molar-refractivity contribution is 0.0682. The second-order valence-corrected chi connectivity index (χ2v) is 5.77. The predicted octanol–water partition coefficient (Wildman–Crippen LogP) is 2.97. The highest BCUT2D eigenvalue weighted by molar-refractivity contribution is 5.95. The summed E-state index contributed by atoms with van der Waals surface area (Å²) in [6, 6.07) is 2.75. The molecule has 0 saturated heterocycles. The van der Waals surface area contributed by atoms with E-state index in [1.807, 2.05) is 18.9 Å². The van der Waals surface area contributed by atoms with Crippen molar-refractivity contribution in [2.75, 3.05) is 13.6 Å². The lowest BCUT2D eigenvalue weighted by atomic mass is 9.90. The van der Waals surface area contributed by atoms with Crippen LogP contribution in [-0.2, 0) is 0 Å². The number of furan rings is 1. The molecule has 0 unspecified atom stereocenters. The molecule has 0 aromatic carbocycles. The number of amides is 1. The highest BCUT2D eigenvalue weighted by Gasteiger charge is 2.27. The molecule has 1 saturated carbocycles. The van der Waals surface area contributed by atoms with Gasteiger partial charge in [-0.1, -0.05) is 6.92 Å². The Bertz CT molecular complexity index is 433. The monoisotopic (exact) mass is 278 g/mol. The van der Waals surface area contributed by atoms with Crippen LogP contribution in [0.25, 0.3) is 0 Å². The van der Waals surface area contributed by atoms with Crippen molar-refractivity contribution in [3.8, 4) is 0 Å². The Morgan fingerprint density at radius 3 is 2.65 bits per heavy atom. The summed E-state index contributed by atoms with van der Waals surface area (Å²) in [6.07, 6.45) is 7.25. The molecule has 1 aromatic heterocycles. The molecule has 112 valence electrons. The number of nitrogens with one attached hydrogen (secondary N) is 1. The van der Waals surface area contributed by atoms with Crippen molar-refractivity contribution < 1.29 is 9.21 Å². The molecule has 0 atom stereocenters. The topological polar surface area (TPSA) is 45.5 Å². The van der Waals surface area contributed by atoms with Crippen LogP contribution < -0.4 is 5.32 Å². The summed E-state index contributed by atoms with van der Waals surface area (Å²) in [5.41, 5.74) is 0.693. The maximum Gasteiger partial charge on any atom is 0.257 e. The minimum absolute atomic E-state index is 0.0845. The van der Waals surface area contributed by atoms with Gasteiger partial charge >= 0.3 is 0 Å². The average Bonchev–Trinajstić information content (AvgIpc) is 2.90. The van der Waals surface area contributed by atoms with Crippen molar-refractivity contribution in [2.45, 2.75) is 58.0 Å². The molecule has 20 heavy (non-hydrogen) atoms. The summed E-state index contributed by atoms with van der Waals surface area (Å²) in [7, 11) is 1.92. The molecule has 1 aliphatic rings. The molecule has 4 nitrogen and oxygen atoms in total. The maximum absolute atomic E-state index is 12.4. The van der Waals surface area contributed by atoms with Crippen molar-refractivity contribution in [3.05, 3.63) is 23.7 Å². The lowest BCUT2D eigenvalue weighted by Gasteiger charge is -2.35. The van der Waals surface area contributed by atoms with Crippen LogP contribution in [-0.4, -0.2) is 36.5 Å². The standard InChI is InChI=1S/C16H26N2O2/c1-4-10-17-13-5-7-14(8-6-13)18(3)16(19)15-9-11-20-12(15)2/h9,11,13-14,17H,4-8,10H2,1-3H3. The molecule has 1 aliphatic carbocycles. The van der Waals surface area contributed by atoms with Crippen LogP contribution in [0, 0.1) is 6.92 Å². The molecule has 1 aromatic rings. The lowest BCUT2D eigenvalue weighted by Crippen LogP contribution is -2.43. The van der Waals surface area contributed by atoms with Gasteiger partial charge in [0.15, 0.2) is 0 Å². The van der Waals surface area contributed by atoms with E-state index < -0.39 is 0 Å². The number of aryl methyl sites for hydroxylation is 1. The average molecular weight is 278 g/mol. The van der Waals surface area contributed by atoms with Gasteiger partial charge in [0.2, 0.25) is 0 Å². The molecule has 0 spiro atoms. The number of rotatable bonds is 5. The summed E-state index contributed by atoms with van der Waals surface area (Å²) in [5.74, 6) is 0.793. The van der Waals surface area contributed by atoms with Crippen molar-refractivity contribution in [3.63, 3.8) is 0 Å². The van der Waals surface area contributed by atoms with E-state index in [4.69, 9.17) is 4.42 Å². The van der Waals surface area contributed by atoms with Crippen molar-refractivity contribution in [1.82, 2.24) is 10.2 Å². The third-order valence-corrected chi connectivity index (χ3v) is 4.34. The fraction of sp³-hybridized carbons (Fsp3) is 0.688. The normalized spacial score (nSPS) is 22.8. The van der Waals surface area contributed by atoms with Gasteiger partial charge in [-0.3, -0.25) is 4.79 Å².